The van der Waals surface area contributed by atoms with Gasteiger partial charge in [-0.15, -0.1) is 0 Å². The van der Waals surface area contributed by atoms with Crippen LogP contribution in [0.1, 0.15) is 18.6 Å². The van der Waals surface area contributed by atoms with Crippen LogP contribution in [0.15, 0.2) is 64.1 Å². The highest BCUT2D eigenvalue weighted by molar-refractivity contribution is 7.89. The van der Waals surface area contributed by atoms with Gasteiger partial charge in [-0.3, -0.25) is 9.69 Å². The average molecular weight is 548 g/mol. The van der Waals surface area contributed by atoms with Crippen molar-refractivity contribution < 1.29 is 31.1 Å². The molecule has 0 N–H and O–H groups in total. The molecule has 0 bridgehead atoms. The molecule has 12 heteroatoms. The predicted molar refractivity (Wildman–Crippen MR) is 134 cm³/mol. The predicted octanol–water partition coefficient (Wildman–Crippen LogP) is 4.81. The largest absolute Gasteiger partial charge is 0.494 e. The highest BCUT2D eigenvalue weighted by atomic mass is 32.2. The molecule has 0 unspecified atom stereocenters. The van der Waals surface area contributed by atoms with E-state index in [0.717, 1.165) is 21.1 Å². The maximum atomic E-state index is 14.2. The molecule has 5 rings (SSSR count). The minimum atomic E-state index is -4.17. The number of hydrogen-bond acceptors (Lipinski definition) is 7. The summed E-state index contributed by atoms with van der Waals surface area (Å²) in [5.41, 5.74) is 0.643. The SMILES string of the molecule is COc1cccc2sc(N(Cc3ccco3)C(=O)C3CCN(S(=O)(=O)c4ccc(F)cc4F)CC3)nc12. The Balaban J connectivity index is 1.38. The number of amides is 1. The van der Waals surface area contributed by atoms with Crippen LogP contribution in [0.25, 0.3) is 10.2 Å². The molecule has 3 heterocycles. The zero-order chi connectivity index (χ0) is 26.2. The first kappa shape index (κ1) is 25.3. The number of methoxy groups -OCH3 is 1. The molecule has 1 amide bonds. The number of piperidine rings is 1. The highest BCUT2D eigenvalue weighted by Gasteiger charge is 2.36. The van der Waals surface area contributed by atoms with Crippen LogP contribution < -0.4 is 9.64 Å². The van der Waals surface area contributed by atoms with E-state index >= 15 is 0 Å². The number of furan rings is 1. The molecule has 2 aromatic carbocycles. The summed E-state index contributed by atoms with van der Waals surface area (Å²) in [7, 11) is -2.61. The van der Waals surface area contributed by atoms with Gasteiger partial charge in [0.2, 0.25) is 15.9 Å². The fourth-order valence-corrected chi connectivity index (χ4v) is 6.88. The standard InChI is InChI=1S/C25H23F2N3O5S2/c1-34-20-5-2-6-21-23(20)28-25(36-21)30(15-18-4-3-13-35-18)24(31)16-9-11-29(12-10-16)37(32,33)22-8-7-17(26)14-19(22)27/h2-8,13-14,16H,9-12,15H2,1H3. The number of sulfonamides is 1. The monoisotopic (exact) mass is 547 g/mol. The summed E-state index contributed by atoms with van der Waals surface area (Å²) in [6.45, 7) is 0.211. The third-order valence-electron chi connectivity index (χ3n) is 6.30. The highest BCUT2D eigenvalue weighted by Crippen LogP contribution is 2.36. The van der Waals surface area contributed by atoms with Crippen LogP contribution in [-0.4, -0.2) is 43.8 Å². The van der Waals surface area contributed by atoms with Crippen LogP contribution in [0, 0.1) is 17.6 Å². The van der Waals surface area contributed by atoms with Gasteiger partial charge in [0.1, 0.15) is 33.6 Å². The van der Waals surface area contributed by atoms with Crippen LogP contribution in [0.2, 0.25) is 0 Å². The lowest BCUT2D eigenvalue weighted by Gasteiger charge is -2.32. The molecule has 0 atom stereocenters. The zero-order valence-corrected chi connectivity index (χ0v) is 21.4. The van der Waals surface area contributed by atoms with Gasteiger partial charge in [-0.05, 0) is 49.2 Å². The molecule has 0 aliphatic carbocycles. The Morgan fingerprint density at radius 1 is 1.19 bits per heavy atom. The maximum Gasteiger partial charge on any atom is 0.245 e. The number of carbonyl (C=O) groups is 1. The Bertz CT molecular complexity index is 1530. The second kappa shape index (κ2) is 10.2. The number of aromatic nitrogens is 1. The van der Waals surface area contributed by atoms with Crippen LogP contribution in [-0.2, 0) is 21.4 Å². The fourth-order valence-electron chi connectivity index (χ4n) is 4.38. The number of rotatable bonds is 7. The number of ether oxygens (including phenoxy) is 1. The average Bonchev–Trinajstić information content (AvgIpc) is 3.56. The van der Waals surface area contributed by atoms with Crippen molar-refractivity contribution in [1.29, 1.82) is 0 Å². The minimum Gasteiger partial charge on any atom is -0.494 e. The number of benzene rings is 2. The van der Waals surface area contributed by atoms with Gasteiger partial charge in [0.05, 0.1) is 24.6 Å². The van der Waals surface area contributed by atoms with E-state index in [1.165, 1.54) is 17.6 Å². The second-order valence-electron chi connectivity index (χ2n) is 8.56. The lowest BCUT2D eigenvalue weighted by molar-refractivity contribution is -0.123. The smallest absolute Gasteiger partial charge is 0.245 e. The maximum absolute atomic E-state index is 14.2. The van der Waals surface area contributed by atoms with E-state index in [1.807, 2.05) is 12.1 Å². The molecule has 0 saturated carbocycles. The number of fused-ring (bicyclic) bond motifs is 1. The minimum absolute atomic E-state index is 0.0256. The van der Waals surface area contributed by atoms with E-state index in [4.69, 9.17) is 9.15 Å². The van der Waals surface area contributed by atoms with Gasteiger partial charge in [-0.2, -0.15) is 4.31 Å². The number of nitrogens with zero attached hydrogens (tertiary/aromatic N) is 3. The fraction of sp³-hybridized carbons (Fsp3) is 0.280. The Morgan fingerprint density at radius 2 is 1.97 bits per heavy atom. The Kier molecular flexibility index (Phi) is 6.97. The topological polar surface area (TPSA) is 93.0 Å². The lowest BCUT2D eigenvalue weighted by atomic mass is 9.96. The molecule has 0 radical (unpaired) electrons. The van der Waals surface area contributed by atoms with Gasteiger partial charge in [-0.25, -0.2) is 22.2 Å². The number of hydrogen-bond donors (Lipinski definition) is 0. The summed E-state index contributed by atoms with van der Waals surface area (Å²) in [5, 5.41) is 0.476. The Labute approximate surface area is 216 Å². The van der Waals surface area contributed by atoms with Crippen molar-refractivity contribution >= 4 is 42.6 Å². The van der Waals surface area contributed by atoms with Gasteiger partial charge in [0, 0.05) is 25.1 Å². The van der Waals surface area contributed by atoms with Crippen molar-refractivity contribution in [2.75, 3.05) is 25.1 Å². The quantitative estimate of drug-likeness (QED) is 0.330. The van der Waals surface area contributed by atoms with E-state index in [0.29, 0.717) is 28.2 Å². The third kappa shape index (κ3) is 4.96. The summed E-state index contributed by atoms with van der Waals surface area (Å²) in [4.78, 5) is 19.4. The van der Waals surface area contributed by atoms with Crippen LogP contribution in [0.3, 0.4) is 0 Å². The number of halogens is 2. The molecular weight excluding hydrogens is 524 g/mol. The van der Waals surface area contributed by atoms with Crippen molar-refractivity contribution in [3.05, 3.63) is 72.2 Å². The molecule has 1 saturated heterocycles. The number of carbonyl (C=O) groups excluding carboxylic acids is 1. The summed E-state index contributed by atoms with van der Waals surface area (Å²) in [6.07, 6.45) is 2.00. The van der Waals surface area contributed by atoms with E-state index in [2.05, 4.69) is 4.98 Å². The van der Waals surface area contributed by atoms with Crippen molar-refractivity contribution in [3.63, 3.8) is 0 Å². The van der Waals surface area contributed by atoms with Crippen LogP contribution in [0.4, 0.5) is 13.9 Å². The Hall–Kier alpha value is -3.35. The van der Waals surface area contributed by atoms with E-state index in [-0.39, 0.29) is 38.4 Å². The van der Waals surface area contributed by atoms with Crippen molar-refractivity contribution in [2.24, 2.45) is 5.92 Å². The van der Waals surface area contributed by atoms with Crippen LogP contribution in [0.5, 0.6) is 5.75 Å². The lowest BCUT2D eigenvalue weighted by Crippen LogP contribution is -2.44. The van der Waals surface area contributed by atoms with E-state index in [9.17, 15) is 22.0 Å². The number of para-hydroxylation sites is 1. The van der Waals surface area contributed by atoms with E-state index in [1.54, 1.807) is 30.2 Å². The first-order valence-electron chi connectivity index (χ1n) is 11.5. The summed E-state index contributed by atoms with van der Waals surface area (Å²) in [5.74, 6) is -1.52. The van der Waals surface area contributed by atoms with Gasteiger partial charge in [0.15, 0.2) is 5.13 Å². The molecule has 1 fully saturated rings. The number of anilines is 1. The molecule has 194 valence electrons. The molecule has 0 spiro atoms. The Morgan fingerprint density at radius 3 is 2.65 bits per heavy atom. The first-order valence-corrected chi connectivity index (χ1v) is 13.8. The molecule has 37 heavy (non-hydrogen) atoms. The normalized spacial score (nSPS) is 15.2. The van der Waals surface area contributed by atoms with Crippen molar-refractivity contribution in [1.82, 2.24) is 9.29 Å². The first-order chi connectivity index (χ1) is 17.8. The van der Waals surface area contributed by atoms with Crippen LogP contribution >= 0.6 is 11.3 Å². The molecule has 1 aliphatic heterocycles. The molecule has 8 nitrogen and oxygen atoms in total. The number of thiazole rings is 1. The van der Waals surface area contributed by atoms with Crippen molar-refractivity contribution in [2.45, 2.75) is 24.3 Å². The van der Waals surface area contributed by atoms with Gasteiger partial charge in [-0.1, -0.05) is 17.4 Å². The van der Waals surface area contributed by atoms with Gasteiger partial charge in [0.25, 0.3) is 0 Å². The van der Waals surface area contributed by atoms with Crippen molar-refractivity contribution in [3.8, 4) is 5.75 Å². The molecular formula is C25H23F2N3O5S2. The molecule has 1 aliphatic rings. The zero-order valence-electron chi connectivity index (χ0n) is 19.8. The molecule has 2 aromatic heterocycles. The van der Waals surface area contributed by atoms with Gasteiger partial charge >= 0.3 is 0 Å². The van der Waals surface area contributed by atoms with Gasteiger partial charge < -0.3 is 9.15 Å². The summed E-state index contributed by atoms with van der Waals surface area (Å²) < 4.78 is 66.3. The summed E-state index contributed by atoms with van der Waals surface area (Å²) >= 11 is 1.35. The molecule has 4 aromatic rings. The van der Waals surface area contributed by atoms with E-state index < -0.39 is 32.5 Å². The second-order valence-corrected chi connectivity index (χ2v) is 11.5. The summed E-state index contributed by atoms with van der Waals surface area (Å²) in [6, 6.07) is 11.4. The third-order valence-corrected chi connectivity index (χ3v) is 9.27.